The van der Waals surface area contributed by atoms with Gasteiger partial charge in [-0.25, -0.2) is 9.67 Å². The van der Waals surface area contributed by atoms with Crippen molar-refractivity contribution in [2.75, 3.05) is 19.4 Å². The van der Waals surface area contributed by atoms with Crippen LogP contribution >= 0.6 is 11.8 Å². The van der Waals surface area contributed by atoms with Crippen molar-refractivity contribution in [3.05, 3.63) is 6.33 Å². The molecule has 0 spiro atoms. The van der Waals surface area contributed by atoms with E-state index in [2.05, 4.69) is 22.3 Å². The highest BCUT2D eigenvalue weighted by molar-refractivity contribution is 7.99. The Morgan fingerprint density at radius 1 is 1.52 bits per heavy atom. The van der Waals surface area contributed by atoms with Gasteiger partial charge < -0.3 is 10.1 Å². The number of unbranched alkanes of at least 4 members (excludes halogenated alkanes) is 1. The summed E-state index contributed by atoms with van der Waals surface area (Å²) >= 11 is 1.69. The van der Waals surface area contributed by atoms with E-state index in [9.17, 15) is 4.79 Å². The summed E-state index contributed by atoms with van der Waals surface area (Å²) in [5, 5.41) is 8.26. The maximum Gasteiger partial charge on any atom is 0.325 e. The fourth-order valence-electron chi connectivity index (χ4n) is 2.05. The molecule has 1 N–H and O–H groups in total. The van der Waals surface area contributed by atoms with E-state index in [1.165, 1.54) is 7.11 Å². The number of methoxy groups -OCH3 is 1. The van der Waals surface area contributed by atoms with Crippen molar-refractivity contribution in [1.29, 1.82) is 0 Å². The van der Waals surface area contributed by atoms with Crippen molar-refractivity contribution in [3.8, 4) is 0 Å². The van der Waals surface area contributed by atoms with Gasteiger partial charge in [-0.1, -0.05) is 25.1 Å². The Bertz CT molecular complexity index is 438. The van der Waals surface area contributed by atoms with Crippen LogP contribution < -0.4 is 5.32 Å². The second-order valence-corrected chi connectivity index (χ2v) is 6.28. The molecule has 0 aliphatic heterocycles. The first-order valence-electron chi connectivity index (χ1n) is 7.33. The number of rotatable bonds is 10. The molecule has 1 heterocycles. The number of thioether (sulfide) groups is 1. The third-order valence-electron chi connectivity index (χ3n) is 3.37. The lowest BCUT2D eigenvalue weighted by Crippen LogP contribution is -2.50. The van der Waals surface area contributed by atoms with Gasteiger partial charge in [-0.3, -0.25) is 4.79 Å². The van der Waals surface area contributed by atoms with E-state index >= 15 is 0 Å². The van der Waals surface area contributed by atoms with Gasteiger partial charge in [0.05, 0.1) is 7.11 Å². The highest BCUT2D eigenvalue weighted by Gasteiger charge is 2.32. The molecule has 1 atom stereocenters. The normalized spacial score (nSPS) is 13.9. The van der Waals surface area contributed by atoms with Gasteiger partial charge in [0.1, 0.15) is 11.9 Å². The van der Waals surface area contributed by atoms with E-state index in [4.69, 9.17) is 4.74 Å². The van der Waals surface area contributed by atoms with E-state index < -0.39 is 5.54 Å². The molecule has 0 aromatic carbocycles. The van der Waals surface area contributed by atoms with Crippen LogP contribution in [0.5, 0.6) is 0 Å². The van der Waals surface area contributed by atoms with Crippen LogP contribution in [0, 0.1) is 0 Å². The van der Waals surface area contributed by atoms with E-state index in [0.29, 0.717) is 0 Å². The molecule has 6 nitrogen and oxygen atoms in total. The first kappa shape index (κ1) is 18.0. The lowest BCUT2D eigenvalue weighted by atomic mass is 9.95. The molecule has 0 aliphatic rings. The van der Waals surface area contributed by atoms with Gasteiger partial charge in [-0.15, -0.1) is 0 Å². The van der Waals surface area contributed by atoms with E-state index in [0.717, 1.165) is 43.1 Å². The molecule has 0 bridgehead atoms. The molecule has 0 amide bonds. The van der Waals surface area contributed by atoms with Gasteiger partial charge in [0.2, 0.25) is 0 Å². The van der Waals surface area contributed by atoms with Crippen LogP contribution in [-0.4, -0.2) is 45.7 Å². The second kappa shape index (κ2) is 9.04. The first-order valence-corrected chi connectivity index (χ1v) is 8.32. The molecular weight excluding hydrogens is 288 g/mol. The lowest BCUT2D eigenvalue weighted by Gasteiger charge is -2.28. The number of esters is 1. The number of aryl methyl sites for hydroxylation is 1. The molecule has 0 fully saturated rings. The Balaban J connectivity index is 2.33. The quantitative estimate of drug-likeness (QED) is 0.405. The zero-order chi connectivity index (χ0) is 15.7. The number of hydrogen-bond donors (Lipinski definition) is 1. The Hall–Kier alpha value is -1.08. The molecule has 1 aromatic rings. The van der Waals surface area contributed by atoms with E-state index in [1.54, 1.807) is 22.8 Å². The summed E-state index contributed by atoms with van der Waals surface area (Å²) in [4.78, 5) is 16.1. The number of carbonyl (C=O) groups is 1. The molecule has 7 heteroatoms. The number of ether oxygens (including phenoxy) is 1. The maximum absolute atomic E-state index is 11.9. The molecule has 0 saturated heterocycles. The van der Waals surface area contributed by atoms with Crippen molar-refractivity contribution < 1.29 is 9.53 Å². The van der Waals surface area contributed by atoms with Crippen molar-refractivity contribution >= 4 is 17.7 Å². The van der Waals surface area contributed by atoms with Crippen LogP contribution in [0.15, 0.2) is 11.5 Å². The highest BCUT2D eigenvalue weighted by Crippen LogP contribution is 2.20. The van der Waals surface area contributed by atoms with Gasteiger partial charge in [-0.2, -0.15) is 5.10 Å². The average Bonchev–Trinajstić information content (AvgIpc) is 2.89. The minimum absolute atomic E-state index is 0.183. The standard InChI is InChI=1S/C14H26N4O2S/c1-5-9-16-14(2,12(19)20-4)8-6-7-10-21-13-15-11-17-18(13)3/h11,16H,5-10H2,1-4H3. The zero-order valence-corrected chi connectivity index (χ0v) is 14.2. The Kier molecular flexibility index (Phi) is 7.74. The number of carbonyl (C=O) groups excluding carboxylic acids is 1. The molecule has 0 saturated carbocycles. The highest BCUT2D eigenvalue weighted by atomic mass is 32.2. The summed E-state index contributed by atoms with van der Waals surface area (Å²) in [5.74, 6) is 0.786. The van der Waals surface area contributed by atoms with Gasteiger partial charge in [0.25, 0.3) is 0 Å². The fourth-order valence-corrected chi connectivity index (χ4v) is 2.94. The van der Waals surface area contributed by atoms with Crippen LogP contribution in [0.1, 0.15) is 39.5 Å². The first-order chi connectivity index (χ1) is 10.0. The molecule has 120 valence electrons. The minimum atomic E-state index is -0.583. The van der Waals surface area contributed by atoms with E-state index in [-0.39, 0.29) is 5.97 Å². The third-order valence-corrected chi connectivity index (χ3v) is 4.49. The predicted octanol–water partition coefficient (Wildman–Crippen LogP) is 2.01. The summed E-state index contributed by atoms with van der Waals surface area (Å²) in [6.45, 7) is 4.83. The number of aromatic nitrogens is 3. The summed E-state index contributed by atoms with van der Waals surface area (Å²) in [7, 11) is 3.33. The smallest absolute Gasteiger partial charge is 0.325 e. The molecule has 0 radical (unpaired) electrons. The fraction of sp³-hybridized carbons (Fsp3) is 0.786. The Morgan fingerprint density at radius 2 is 2.29 bits per heavy atom. The van der Waals surface area contributed by atoms with Gasteiger partial charge >= 0.3 is 5.97 Å². The number of hydrogen-bond acceptors (Lipinski definition) is 6. The molecule has 1 unspecified atom stereocenters. The molecular formula is C14H26N4O2S. The summed E-state index contributed by atoms with van der Waals surface area (Å²) < 4.78 is 6.69. The summed E-state index contributed by atoms with van der Waals surface area (Å²) in [6.07, 6.45) is 5.32. The number of nitrogens with one attached hydrogen (secondary N) is 1. The minimum Gasteiger partial charge on any atom is -0.468 e. The molecule has 1 aromatic heterocycles. The summed E-state index contributed by atoms with van der Waals surface area (Å²) in [5.41, 5.74) is -0.583. The van der Waals surface area contributed by atoms with Crippen molar-refractivity contribution in [2.24, 2.45) is 7.05 Å². The Morgan fingerprint density at radius 3 is 2.86 bits per heavy atom. The monoisotopic (exact) mass is 314 g/mol. The van der Waals surface area contributed by atoms with E-state index in [1.807, 2.05) is 14.0 Å². The van der Waals surface area contributed by atoms with Crippen LogP contribution in [-0.2, 0) is 16.6 Å². The molecule has 21 heavy (non-hydrogen) atoms. The SMILES string of the molecule is CCCNC(C)(CCCCSc1ncnn1C)C(=O)OC. The topological polar surface area (TPSA) is 69.0 Å². The van der Waals surface area contributed by atoms with Crippen LogP contribution in [0.3, 0.4) is 0 Å². The molecule has 0 aliphatic carbocycles. The summed E-state index contributed by atoms with van der Waals surface area (Å²) in [6, 6.07) is 0. The average molecular weight is 314 g/mol. The Labute approximate surface area is 131 Å². The predicted molar refractivity (Wildman–Crippen MR) is 84.3 cm³/mol. The molecule has 1 rings (SSSR count). The van der Waals surface area contributed by atoms with Crippen LogP contribution in [0.4, 0.5) is 0 Å². The van der Waals surface area contributed by atoms with Crippen molar-refractivity contribution in [2.45, 2.75) is 50.2 Å². The van der Waals surface area contributed by atoms with Gasteiger partial charge in [-0.05, 0) is 32.7 Å². The van der Waals surface area contributed by atoms with Crippen molar-refractivity contribution in [3.63, 3.8) is 0 Å². The zero-order valence-electron chi connectivity index (χ0n) is 13.4. The number of nitrogens with zero attached hydrogens (tertiary/aromatic N) is 3. The second-order valence-electron chi connectivity index (χ2n) is 5.22. The largest absolute Gasteiger partial charge is 0.468 e. The van der Waals surface area contributed by atoms with Crippen LogP contribution in [0.25, 0.3) is 0 Å². The van der Waals surface area contributed by atoms with Crippen LogP contribution in [0.2, 0.25) is 0 Å². The van der Waals surface area contributed by atoms with Crippen molar-refractivity contribution in [1.82, 2.24) is 20.1 Å². The maximum atomic E-state index is 11.9. The van der Waals surface area contributed by atoms with Gasteiger partial charge in [0.15, 0.2) is 5.16 Å². The van der Waals surface area contributed by atoms with Gasteiger partial charge in [0, 0.05) is 12.8 Å². The third kappa shape index (κ3) is 5.67. The lowest BCUT2D eigenvalue weighted by molar-refractivity contribution is -0.148.